The molecule has 0 spiro atoms. The Morgan fingerprint density at radius 3 is 2.62 bits per heavy atom. The molecule has 1 saturated carbocycles. The molecule has 1 aliphatic carbocycles. The van der Waals surface area contributed by atoms with Crippen molar-refractivity contribution in [1.82, 2.24) is 9.80 Å². The molecule has 0 unspecified atom stereocenters. The first-order chi connectivity index (χ1) is 12.5. The summed E-state index contributed by atoms with van der Waals surface area (Å²) in [6, 6.07) is 4.89. The molecule has 4 nitrogen and oxygen atoms in total. The minimum absolute atomic E-state index is 0.110. The number of benzene rings is 1. The molecule has 3 rings (SSSR count). The van der Waals surface area contributed by atoms with Crippen LogP contribution in [0.4, 0.5) is 4.39 Å². The van der Waals surface area contributed by atoms with Gasteiger partial charge in [0.15, 0.2) is 0 Å². The number of thioether (sulfide) groups is 1. The highest BCUT2D eigenvalue weighted by molar-refractivity contribution is 7.99. The SMILES string of the molecule is CCc1cccc(C(=O)N2CCN(C(=O)C3CC(SC)C3)C[C@@H]2C)c1F. The molecule has 1 saturated heterocycles. The maximum Gasteiger partial charge on any atom is 0.257 e. The number of rotatable bonds is 4. The Bertz CT molecular complexity index is 690. The Morgan fingerprint density at radius 1 is 1.27 bits per heavy atom. The fourth-order valence-electron chi connectivity index (χ4n) is 3.85. The van der Waals surface area contributed by atoms with Crippen LogP contribution >= 0.6 is 11.8 Å². The third-order valence-corrected chi connectivity index (χ3v) is 6.72. The van der Waals surface area contributed by atoms with Crippen LogP contribution in [0.1, 0.15) is 42.6 Å². The zero-order valence-electron chi connectivity index (χ0n) is 15.7. The second kappa shape index (κ2) is 7.99. The molecule has 0 bridgehead atoms. The largest absolute Gasteiger partial charge is 0.339 e. The van der Waals surface area contributed by atoms with E-state index in [0.717, 1.165) is 12.8 Å². The molecule has 1 aromatic carbocycles. The van der Waals surface area contributed by atoms with E-state index in [2.05, 4.69) is 6.26 Å². The Kier molecular flexibility index (Phi) is 5.90. The lowest BCUT2D eigenvalue weighted by Crippen LogP contribution is -2.57. The summed E-state index contributed by atoms with van der Waals surface area (Å²) in [7, 11) is 0. The van der Waals surface area contributed by atoms with Gasteiger partial charge >= 0.3 is 0 Å². The van der Waals surface area contributed by atoms with Gasteiger partial charge in [-0.05, 0) is 44.1 Å². The molecule has 2 amide bonds. The molecule has 26 heavy (non-hydrogen) atoms. The lowest BCUT2D eigenvalue weighted by molar-refractivity contribution is -0.140. The fraction of sp³-hybridized carbons (Fsp3) is 0.600. The van der Waals surface area contributed by atoms with Crippen molar-refractivity contribution in [2.75, 3.05) is 25.9 Å². The molecular formula is C20H27FN2O2S. The topological polar surface area (TPSA) is 40.6 Å². The van der Waals surface area contributed by atoms with E-state index in [-0.39, 0.29) is 29.3 Å². The predicted molar refractivity (Wildman–Crippen MR) is 103 cm³/mol. The van der Waals surface area contributed by atoms with Gasteiger partial charge in [0, 0.05) is 36.8 Å². The van der Waals surface area contributed by atoms with E-state index >= 15 is 0 Å². The van der Waals surface area contributed by atoms with Crippen molar-refractivity contribution >= 4 is 23.6 Å². The summed E-state index contributed by atoms with van der Waals surface area (Å²) in [5.41, 5.74) is 0.698. The first-order valence-electron chi connectivity index (χ1n) is 9.36. The average molecular weight is 379 g/mol. The third kappa shape index (κ3) is 3.61. The summed E-state index contributed by atoms with van der Waals surface area (Å²) in [4.78, 5) is 29.0. The van der Waals surface area contributed by atoms with Crippen molar-refractivity contribution in [3.63, 3.8) is 0 Å². The van der Waals surface area contributed by atoms with Crippen LogP contribution in [0.15, 0.2) is 18.2 Å². The molecule has 2 fully saturated rings. The fourth-order valence-corrected chi connectivity index (χ4v) is 4.70. The molecule has 0 aromatic heterocycles. The van der Waals surface area contributed by atoms with Crippen LogP contribution in [0, 0.1) is 11.7 Å². The lowest BCUT2D eigenvalue weighted by Gasteiger charge is -2.43. The maximum absolute atomic E-state index is 14.5. The van der Waals surface area contributed by atoms with Crippen molar-refractivity contribution in [1.29, 1.82) is 0 Å². The van der Waals surface area contributed by atoms with E-state index < -0.39 is 5.82 Å². The zero-order valence-corrected chi connectivity index (χ0v) is 16.5. The van der Waals surface area contributed by atoms with Gasteiger partial charge in [0.2, 0.25) is 5.91 Å². The molecule has 0 radical (unpaired) electrons. The average Bonchev–Trinajstić information content (AvgIpc) is 2.60. The summed E-state index contributed by atoms with van der Waals surface area (Å²) < 4.78 is 14.5. The Hall–Kier alpha value is -1.56. The minimum Gasteiger partial charge on any atom is -0.339 e. The Labute approximate surface area is 159 Å². The standard InChI is InChI=1S/C20H27FN2O2S/c1-4-14-6-5-7-17(18(14)21)20(25)23-9-8-22(12-13(23)2)19(24)15-10-16(11-15)26-3/h5-7,13,15-16H,4,8-12H2,1-3H3/t13-,15?,16?/m0/s1. The maximum atomic E-state index is 14.5. The highest BCUT2D eigenvalue weighted by atomic mass is 32.2. The van der Waals surface area contributed by atoms with Gasteiger partial charge in [-0.25, -0.2) is 4.39 Å². The molecule has 2 aliphatic rings. The molecule has 1 aliphatic heterocycles. The van der Waals surface area contributed by atoms with Gasteiger partial charge in [0.25, 0.3) is 5.91 Å². The van der Waals surface area contributed by atoms with Crippen LogP contribution in [0.25, 0.3) is 0 Å². The van der Waals surface area contributed by atoms with Gasteiger partial charge in [-0.2, -0.15) is 11.8 Å². The molecule has 0 N–H and O–H groups in total. The molecule has 1 heterocycles. The monoisotopic (exact) mass is 378 g/mol. The smallest absolute Gasteiger partial charge is 0.257 e. The summed E-state index contributed by atoms with van der Waals surface area (Å²) in [6.45, 7) is 5.33. The van der Waals surface area contributed by atoms with Gasteiger partial charge in [0.1, 0.15) is 5.82 Å². The highest BCUT2D eigenvalue weighted by Crippen LogP contribution is 2.37. The van der Waals surface area contributed by atoms with Crippen LogP contribution in [-0.4, -0.2) is 58.8 Å². The highest BCUT2D eigenvalue weighted by Gasteiger charge is 2.39. The van der Waals surface area contributed by atoms with Gasteiger partial charge in [-0.1, -0.05) is 19.1 Å². The number of hydrogen-bond donors (Lipinski definition) is 0. The Morgan fingerprint density at radius 2 is 2.00 bits per heavy atom. The van der Waals surface area contributed by atoms with Crippen molar-refractivity contribution in [3.05, 3.63) is 35.1 Å². The van der Waals surface area contributed by atoms with Crippen molar-refractivity contribution < 1.29 is 14.0 Å². The van der Waals surface area contributed by atoms with E-state index in [1.165, 1.54) is 0 Å². The number of hydrogen-bond acceptors (Lipinski definition) is 3. The van der Waals surface area contributed by atoms with E-state index in [1.807, 2.05) is 30.5 Å². The number of halogens is 1. The normalized spacial score (nSPS) is 25.8. The third-order valence-electron chi connectivity index (χ3n) is 5.67. The predicted octanol–water partition coefficient (Wildman–Crippen LogP) is 3.20. The summed E-state index contributed by atoms with van der Waals surface area (Å²) in [5, 5.41) is 0.609. The van der Waals surface area contributed by atoms with Gasteiger partial charge in [-0.15, -0.1) is 0 Å². The molecule has 6 heteroatoms. The van der Waals surface area contributed by atoms with Gasteiger partial charge in [0.05, 0.1) is 5.56 Å². The number of carbonyl (C=O) groups is 2. The number of carbonyl (C=O) groups excluding carboxylic acids is 2. The quantitative estimate of drug-likeness (QED) is 0.808. The zero-order chi connectivity index (χ0) is 18.8. The molecular weight excluding hydrogens is 351 g/mol. The number of aryl methyl sites for hydroxylation is 1. The number of piperazine rings is 1. The van der Waals surface area contributed by atoms with Crippen LogP contribution in [0.3, 0.4) is 0 Å². The van der Waals surface area contributed by atoms with Gasteiger partial charge < -0.3 is 9.80 Å². The van der Waals surface area contributed by atoms with Crippen molar-refractivity contribution in [3.8, 4) is 0 Å². The summed E-state index contributed by atoms with van der Waals surface area (Å²) in [6.07, 6.45) is 4.57. The van der Waals surface area contributed by atoms with E-state index in [9.17, 15) is 14.0 Å². The first kappa shape index (κ1) is 19.2. The summed E-state index contributed by atoms with van der Waals surface area (Å²) in [5.74, 6) is -0.333. The van der Waals surface area contributed by atoms with Crippen LogP contribution in [0.5, 0.6) is 0 Å². The molecule has 1 atom stereocenters. The van der Waals surface area contributed by atoms with Gasteiger partial charge in [-0.3, -0.25) is 9.59 Å². The van der Waals surface area contributed by atoms with Crippen LogP contribution in [-0.2, 0) is 11.2 Å². The number of nitrogens with zero attached hydrogens (tertiary/aromatic N) is 2. The van der Waals surface area contributed by atoms with E-state index in [1.54, 1.807) is 23.1 Å². The second-order valence-corrected chi connectivity index (χ2v) is 8.43. The second-order valence-electron chi connectivity index (χ2n) is 7.29. The van der Waals surface area contributed by atoms with E-state index in [4.69, 9.17) is 0 Å². The minimum atomic E-state index is -0.414. The molecule has 142 valence electrons. The lowest BCUT2D eigenvalue weighted by atomic mass is 9.83. The first-order valence-corrected chi connectivity index (χ1v) is 10.6. The van der Waals surface area contributed by atoms with Crippen molar-refractivity contribution in [2.24, 2.45) is 5.92 Å². The number of amides is 2. The van der Waals surface area contributed by atoms with E-state index in [0.29, 0.717) is 36.9 Å². The molecule has 1 aromatic rings. The van der Waals surface area contributed by atoms with Crippen LogP contribution in [0.2, 0.25) is 0 Å². The summed E-state index contributed by atoms with van der Waals surface area (Å²) >= 11 is 1.83. The Balaban J connectivity index is 1.64. The van der Waals surface area contributed by atoms with Crippen LogP contribution < -0.4 is 0 Å². The van der Waals surface area contributed by atoms with Crippen molar-refractivity contribution in [2.45, 2.75) is 44.4 Å².